The molecule has 1 aliphatic rings. The minimum atomic E-state index is -0.403. The van der Waals surface area contributed by atoms with Gasteiger partial charge in [-0.2, -0.15) is 0 Å². The van der Waals surface area contributed by atoms with Crippen molar-refractivity contribution >= 4 is 17.5 Å². The molecule has 2 heterocycles. The average molecular weight is 415 g/mol. The first-order valence-corrected chi connectivity index (χ1v) is 9.84. The van der Waals surface area contributed by atoms with E-state index in [1.165, 1.54) is 12.1 Å². The van der Waals surface area contributed by atoms with E-state index >= 15 is 0 Å². The van der Waals surface area contributed by atoms with Crippen LogP contribution in [0.15, 0.2) is 59.1 Å². The van der Waals surface area contributed by atoms with Crippen molar-refractivity contribution in [3.8, 4) is 5.75 Å². The van der Waals surface area contributed by atoms with Crippen LogP contribution < -0.4 is 4.74 Å². The normalized spacial score (nSPS) is 16.2. The molecule has 1 saturated heterocycles. The van der Waals surface area contributed by atoms with Crippen LogP contribution in [0.4, 0.5) is 4.39 Å². The Labute approximate surface area is 173 Å². The molecule has 2 aromatic carbocycles. The lowest BCUT2D eigenvalue weighted by Crippen LogP contribution is -2.34. The lowest BCUT2D eigenvalue weighted by atomic mass is 10.1. The molecule has 1 aliphatic heterocycles. The number of ether oxygens (including phenoxy) is 1. The van der Waals surface area contributed by atoms with E-state index in [1.807, 2.05) is 24.3 Å². The van der Waals surface area contributed by atoms with Crippen molar-refractivity contribution in [2.75, 3.05) is 13.2 Å². The van der Waals surface area contributed by atoms with Crippen molar-refractivity contribution in [1.82, 2.24) is 9.88 Å². The van der Waals surface area contributed by atoms with E-state index in [2.05, 4.69) is 4.98 Å². The molecule has 0 spiro atoms. The van der Waals surface area contributed by atoms with Gasteiger partial charge in [-0.1, -0.05) is 35.9 Å². The number of amides is 1. The first-order chi connectivity index (χ1) is 14.1. The minimum Gasteiger partial charge on any atom is -0.484 e. The zero-order chi connectivity index (χ0) is 20.2. The zero-order valence-electron chi connectivity index (χ0n) is 15.7. The third kappa shape index (κ3) is 4.59. The maximum atomic E-state index is 13.3. The van der Waals surface area contributed by atoms with Crippen LogP contribution in [0, 0.1) is 5.82 Å². The summed E-state index contributed by atoms with van der Waals surface area (Å²) in [6.45, 7) is 0.450. The summed E-state index contributed by atoms with van der Waals surface area (Å²) in [5, 5.41) is 0.678. The fourth-order valence-electron chi connectivity index (χ4n) is 3.49. The second kappa shape index (κ2) is 8.66. The third-order valence-corrected chi connectivity index (χ3v) is 5.28. The Bertz CT molecular complexity index is 1010. The van der Waals surface area contributed by atoms with Gasteiger partial charge < -0.3 is 14.1 Å². The molecule has 0 aliphatic carbocycles. The largest absolute Gasteiger partial charge is 0.484 e. The number of rotatable bonds is 6. The average Bonchev–Trinajstić information content (AvgIpc) is 3.37. The van der Waals surface area contributed by atoms with Crippen molar-refractivity contribution in [1.29, 1.82) is 0 Å². The molecule has 1 atom stereocenters. The smallest absolute Gasteiger partial charge is 0.261 e. The van der Waals surface area contributed by atoms with Crippen LogP contribution in [0.5, 0.6) is 5.75 Å². The van der Waals surface area contributed by atoms with Gasteiger partial charge in [0.25, 0.3) is 5.91 Å². The summed E-state index contributed by atoms with van der Waals surface area (Å²) in [4.78, 5) is 18.8. The number of carbonyl (C=O) groups excluding carboxylic acids is 1. The molecular formula is C22H20ClFN2O3. The second-order valence-corrected chi connectivity index (χ2v) is 7.33. The van der Waals surface area contributed by atoms with Crippen molar-refractivity contribution in [3.05, 3.63) is 82.8 Å². The summed E-state index contributed by atoms with van der Waals surface area (Å²) in [5.41, 5.74) is 0.958. The number of nitrogens with zero attached hydrogens (tertiary/aromatic N) is 2. The number of halogens is 2. The van der Waals surface area contributed by atoms with Crippen molar-refractivity contribution in [3.63, 3.8) is 0 Å². The molecule has 1 unspecified atom stereocenters. The van der Waals surface area contributed by atoms with Crippen LogP contribution in [-0.4, -0.2) is 28.9 Å². The molecule has 4 rings (SSSR count). The fraction of sp³-hybridized carbons (Fsp3) is 0.273. The van der Waals surface area contributed by atoms with Crippen molar-refractivity contribution < 1.29 is 18.3 Å². The first kappa shape index (κ1) is 19.5. The molecule has 0 radical (unpaired) electrons. The highest BCUT2D eigenvalue weighted by Crippen LogP contribution is 2.32. The molecule has 1 amide bonds. The Hall–Kier alpha value is -2.86. The van der Waals surface area contributed by atoms with Gasteiger partial charge in [0.2, 0.25) is 5.89 Å². The Morgan fingerprint density at radius 2 is 2.14 bits per heavy atom. The Balaban J connectivity index is 1.41. The number of hydrogen-bond donors (Lipinski definition) is 0. The highest BCUT2D eigenvalue weighted by Gasteiger charge is 2.33. The Morgan fingerprint density at radius 3 is 2.97 bits per heavy atom. The van der Waals surface area contributed by atoms with E-state index in [4.69, 9.17) is 20.8 Å². The summed E-state index contributed by atoms with van der Waals surface area (Å²) in [6.07, 6.45) is 3.86. The lowest BCUT2D eigenvalue weighted by Gasteiger charge is -2.22. The van der Waals surface area contributed by atoms with E-state index in [9.17, 15) is 9.18 Å². The number of carbonyl (C=O) groups is 1. The maximum Gasteiger partial charge on any atom is 0.261 e. The first-order valence-electron chi connectivity index (χ1n) is 9.46. The highest BCUT2D eigenvalue weighted by atomic mass is 35.5. The number of hydrogen-bond acceptors (Lipinski definition) is 4. The molecule has 7 heteroatoms. The van der Waals surface area contributed by atoms with Gasteiger partial charge >= 0.3 is 0 Å². The van der Waals surface area contributed by atoms with Crippen LogP contribution in [0.25, 0.3) is 0 Å². The van der Waals surface area contributed by atoms with Crippen molar-refractivity contribution in [2.24, 2.45) is 0 Å². The van der Waals surface area contributed by atoms with E-state index in [-0.39, 0.29) is 18.6 Å². The molecule has 3 aromatic rings. The van der Waals surface area contributed by atoms with Gasteiger partial charge in [0.1, 0.15) is 23.4 Å². The van der Waals surface area contributed by atoms with Crippen LogP contribution >= 0.6 is 11.6 Å². The summed E-state index contributed by atoms with van der Waals surface area (Å²) in [7, 11) is 0. The van der Waals surface area contributed by atoms with Crippen LogP contribution in [0.1, 0.15) is 36.1 Å². The number of oxazole rings is 1. The minimum absolute atomic E-state index is 0.160. The summed E-state index contributed by atoms with van der Waals surface area (Å²) < 4.78 is 24.6. The van der Waals surface area contributed by atoms with E-state index in [1.54, 1.807) is 23.2 Å². The Kier molecular flexibility index (Phi) is 5.81. The number of likely N-dealkylation sites (tertiary alicyclic amines) is 1. The van der Waals surface area contributed by atoms with E-state index in [0.717, 1.165) is 18.4 Å². The Morgan fingerprint density at radius 1 is 1.28 bits per heavy atom. The quantitative estimate of drug-likeness (QED) is 0.581. The topological polar surface area (TPSA) is 55.6 Å². The summed E-state index contributed by atoms with van der Waals surface area (Å²) in [6, 6.07) is 13.1. The second-order valence-electron chi connectivity index (χ2n) is 6.92. The molecule has 1 aromatic heterocycles. The molecule has 5 nitrogen and oxygen atoms in total. The standard InChI is InChI=1S/C22H20ClFN2O3/c23-19-8-2-1-5-15(19)11-18-13-25-22(29-18)20-9-4-10-26(20)21(27)14-28-17-7-3-6-16(24)12-17/h1-3,5-8,12-13,20H,4,9-11,14H2. The molecule has 150 valence electrons. The van der Waals surface area contributed by atoms with Gasteiger partial charge in [-0.05, 0) is 36.6 Å². The van der Waals surface area contributed by atoms with Crippen LogP contribution in [-0.2, 0) is 11.2 Å². The SMILES string of the molecule is O=C(COc1cccc(F)c1)N1CCCC1c1ncc(Cc2ccccc2Cl)o1. The van der Waals surface area contributed by atoms with E-state index < -0.39 is 5.82 Å². The lowest BCUT2D eigenvalue weighted by molar-refractivity contribution is -0.134. The van der Waals surface area contributed by atoms with Gasteiger partial charge in [0, 0.05) is 24.1 Å². The monoisotopic (exact) mass is 414 g/mol. The van der Waals surface area contributed by atoms with Gasteiger partial charge in [-0.25, -0.2) is 9.37 Å². The van der Waals surface area contributed by atoms with Gasteiger partial charge in [-0.15, -0.1) is 0 Å². The van der Waals surface area contributed by atoms with Gasteiger partial charge in [0.15, 0.2) is 6.61 Å². The summed E-state index contributed by atoms with van der Waals surface area (Å²) >= 11 is 6.22. The highest BCUT2D eigenvalue weighted by molar-refractivity contribution is 6.31. The fourth-order valence-corrected chi connectivity index (χ4v) is 3.70. The summed E-state index contributed by atoms with van der Waals surface area (Å²) in [5.74, 6) is 0.960. The maximum absolute atomic E-state index is 13.3. The molecular weight excluding hydrogens is 395 g/mol. The number of benzene rings is 2. The van der Waals surface area contributed by atoms with Gasteiger partial charge in [0.05, 0.1) is 6.20 Å². The number of aromatic nitrogens is 1. The predicted octanol–water partition coefficient (Wildman–Crippen LogP) is 4.80. The molecule has 29 heavy (non-hydrogen) atoms. The van der Waals surface area contributed by atoms with Crippen molar-refractivity contribution in [2.45, 2.75) is 25.3 Å². The predicted molar refractivity (Wildman–Crippen MR) is 106 cm³/mol. The molecule has 1 fully saturated rings. The van der Waals surface area contributed by atoms with Gasteiger partial charge in [-0.3, -0.25) is 4.79 Å². The van der Waals surface area contributed by atoms with Crippen LogP contribution in [0.2, 0.25) is 5.02 Å². The molecule has 0 bridgehead atoms. The molecule has 0 N–H and O–H groups in total. The van der Waals surface area contributed by atoms with E-state index in [0.29, 0.717) is 35.4 Å². The third-order valence-electron chi connectivity index (χ3n) is 4.91. The molecule has 0 saturated carbocycles. The zero-order valence-corrected chi connectivity index (χ0v) is 16.4. The van der Waals surface area contributed by atoms with Crippen LogP contribution in [0.3, 0.4) is 0 Å².